The Morgan fingerprint density at radius 1 is 0.786 bits per heavy atom. The average Bonchev–Trinajstić information content (AvgIpc) is 2.95. The zero-order valence-corrected chi connectivity index (χ0v) is 25.2. The Kier molecular flexibility index (Phi) is 11.7. The van der Waals surface area contributed by atoms with Gasteiger partial charge in [-0.3, -0.25) is 10.0 Å². The largest absolute Gasteiger partial charge is 0.458 e. The summed E-state index contributed by atoms with van der Waals surface area (Å²) in [5, 5.41) is 12.3. The number of nitrogens with one attached hydrogen (secondary N) is 2. The zero-order chi connectivity index (χ0) is 30.7. The maximum atomic E-state index is 13.7. The Balaban J connectivity index is 1.82. The van der Waals surface area contributed by atoms with Crippen LogP contribution >= 0.6 is 0 Å². The van der Waals surface area contributed by atoms with Crippen LogP contribution in [0.3, 0.4) is 0 Å². The Morgan fingerprint density at radius 2 is 1.33 bits per heavy atom. The van der Waals surface area contributed by atoms with Crippen molar-refractivity contribution in [3.8, 4) is 11.1 Å². The van der Waals surface area contributed by atoms with E-state index in [1.807, 2.05) is 98.8 Å². The number of amides is 3. The molecule has 3 N–H and O–H groups in total. The molecule has 0 aliphatic rings. The smallest absolute Gasteiger partial charge is 0.329 e. The van der Waals surface area contributed by atoms with Crippen molar-refractivity contribution in [2.75, 3.05) is 13.1 Å². The lowest BCUT2D eigenvalue weighted by Crippen LogP contribution is -2.53. The van der Waals surface area contributed by atoms with Crippen molar-refractivity contribution >= 4 is 17.9 Å². The fourth-order valence-corrected chi connectivity index (χ4v) is 4.68. The topological polar surface area (TPSA) is 108 Å². The second-order valence-corrected chi connectivity index (χ2v) is 12.0. The van der Waals surface area contributed by atoms with E-state index in [2.05, 4.69) is 5.32 Å². The van der Waals surface area contributed by atoms with E-state index < -0.39 is 35.5 Å². The summed E-state index contributed by atoms with van der Waals surface area (Å²) in [6.07, 6.45) is 0.564. The van der Waals surface area contributed by atoms with Gasteiger partial charge in [0.25, 0.3) is 0 Å². The van der Waals surface area contributed by atoms with Gasteiger partial charge in [-0.05, 0) is 55.4 Å². The van der Waals surface area contributed by atoms with Crippen LogP contribution in [0.2, 0.25) is 0 Å². The molecule has 0 fully saturated rings. The number of benzene rings is 3. The third-order valence-electron chi connectivity index (χ3n) is 6.61. The van der Waals surface area contributed by atoms with Gasteiger partial charge < -0.3 is 15.0 Å². The molecule has 0 aliphatic carbocycles. The highest BCUT2D eigenvalue weighted by molar-refractivity contribution is 5.85. The van der Waals surface area contributed by atoms with Gasteiger partial charge in [-0.1, -0.05) is 98.8 Å². The van der Waals surface area contributed by atoms with Crippen LogP contribution < -0.4 is 10.8 Å². The second-order valence-electron chi connectivity index (χ2n) is 12.0. The minimum atomic E-state index is -0.951. The van der Waals surface area contributed by atoms with Gasteiger partial charge in [-0.15, -0.1) is 0 Å². The molecule has 3 amide bonds. The summed E-state index contributed by atoms with van der Waals surface area (Å²) in [6.45, 7) is 9.69. The van der Waals surface area contributed by atoms with E-state index in [1.54, 1.807) is 26.3 Å². The van der Waals surface area contributed by atoms with Crippen molar-refractivity contribution in [1.29, 1.82) is 0 Å². The highest BCUT2D eigenvalue weighted by Crippen LogP contribution is 2.21. The highest BCUT2D eigenvalue weighted by atomic mass is 16.6. The first-order valence-electron chi connectivity index (χ1n) is 14.4. The number of hydrogen-bond acceptors (Lipinski definition) is 5. The van der Waals surface area contributed by atoms with E-state index >= 15 is 0 Å². The highest BCUT2D eigenvalue weighted by Gasteiger charge is 2.31. The molecule has 1 unspecified atom stereocenters. The van der Waals surface area contributed by atoms with Gasteiger partial charge in [0.2, 0.25) is 5.91 Å². The lowest BCUT2D eigenvalue weighted by molar-refractivity contribution is -0.157. The first kappa shape index (κ1) is 32.3. The van der Waals surface area contributed by atoms with Gasteiger partial charge in [-0.2, -0.15) is 0 Å². The molecular formula is C34H43N3O5. The molecule has 0 saturated heterocycles. The first-order chi connectivity index (χ1) is 19.9. The molecule has 3 rings (SSSR count). The van der Waals surface area contributed by atoms with Crippen LogP contribution in [0.15, 0.2) is 84.9 Å². The second kappa shape index (κ2) is 15.2. The summed E-state index contributed by atoms with van der Waals surface area (Å²) in [5.74, 6) is -1.73. The maximum absolute atomic E-state index is 13.7. The average molecular weight is 574 g/mol. The van der Waals surface area contributed by atoms with E-state index in [-0.39, 0.29) is 18.9 Å². The maximum Gasteiger partial charge on any atom is 0.329 e. The molecule has 0 aliphatic heterocycles. The van der Waals surface area contributed by atoms with Crippen LogP contribution in [0.25, 0.3) is 11.1 Å². The third kappa shape index (κ3) is 10.3. The monoisotopic (exact) mass is 573 g/mol. The number of carbonyl (C=O) groups is 3. The SMILES string of the molecule is CC(C)CN(CC(Cc1ccccc1)C(=O)NO)C(=O)N[C@@H](Cc1ccc(-c2ccccc2)cc1)C(=O)OC(C)(C)C. The lowest BCUT2D eigenvalue weighted by atomic mass is 9.97. The molecule has 0 radical (unpaired) electrons. The predicted octanol–water partition coefficient (Wildman–Crippen LogP) is 5.64. The number of urea groups is 1. The van der Waals surface area contributed by atoms with E-state index in [0.29, 0.717) is 13.0 Å². The van der Waals surface area contributed by atoms with E-state index in [0.717, 1.165) is 22.3 Å². The number of nitrogens with zero attached hydrogens (tertiary/aromatic N) is 1. The van der Waals surface area contributed by atoms with Crippen molar-refractivity contribution in [2.45, 2.75) is 59.1 Å². The number of ether oxygens (including phenoxy) is 1. The molecule has 8 heteroatoms. The summed E-state index contributed by atoms with van der Waals surface area (Å²) in [6, 6.07) is 25.9. The van der Waals surface area contributed by atoms with Crippen LogP contribution in [0.5, 0.6) is 0 Å². The van der Waals surface area contributed by atoms with Gasteiger partial charge in [0, 0.05) is 19.5 Å². The van der Waals surface area contributed by atoms with Crippen molar-refractivity contribution < 1.29 is 24.3 Å². The number of esters is 1. The minimum Gasteiger partial charge on any atom is -0.458 e. The van der Waals surface area contributed by atoms with Crippen molar-refractivity contribution in [3.63, 3.8) is 0 Å². The summed E-state index contributed by atoms with van der Waals surface area (Å²) in [4.78, 5) is 41.2. The molecule has 8 nitrogen and oxygen atoms in total. The van der Waals surface area contributed by atoms with Crippen LogP contribution in [0.4, 0.5) is 4.79 Å². The fraction of sp³-hybridized carbons (Fsp3) is 0.382. The van der Waals surface area contributed by atoms with Crippen molar-refractivity contribution in [3.05, 3.63) is 96.1 Å². The first-order valence-corrected chi connectivity index (χ1v) is 14.4. The normalized spacial score (nSPS) is 12.7. The Hall–Kier alpha value is -4.17. The molecule has 0 saturated carbocycles. The van der Waals surface area contributed by atoms with Gasteiger partial charge >= 0.3 is 12.0 Å². The van der Waals surface area contributed by atoms with Crippen LogP contribution in [-0.4, -0.2) is 52.7 Å². The summed E-state index contributed by atoms with van der Waals surface area (Å²) in [5.41, 5.74) is 4.91. The molecule has 0 heterocycles. The molecule has 0 aromatic heterocycles. The fourth-order valence-electron chi connectivity index (χ4n) is 4.68. The zero-order valence-electron chi connectivity index (χ0n) is 25.2. The molecule has 2 atom stereocenters. The van der Waals surface area contributed by atoms with Gasteiger partial charge in [0.1, 0.15) is 11.6 Å². The summed E-state index contributed by atoms with van der Waals surface area (Å²) >= 11 is 0. The quantitative estimate of drug-likeness (QED) is 0.148. The van der Waals surface area contributed by atoms with Gasteiger partial charge in [0.05, 0.1) is 5.92 Å². The molecule has 0 bridgehead atoms. The van der Waals surface area contributed by atoms with Crippen molar-refractivity contribution in [1.82, 2.24) is 15.7 Å². The number of rotatable bonds is 12. The molecular weight excluding hydrogens is 530 g/mol. The van der Waals surface area contributed by atoms with Gasteiger partial charge in [-0.25, -0.2) is 15.1 Å². The third-order valence-corrected chi connectivity index (χ3v) is 6.61. The molecule has 224 valence electrons. The Bertz CT molecular complexity index is 1290. The Morgan fingerprint density at radius 3 is 1.88 bits per heavy atom. The van der Waals surface area contributed by atoms with Crippen LogP contribution in [0, 0.1) is 11.8 Å². The molecule has 0 spiro atoms. The molecule has 3 aromatic rings. The molecule has 42 heavy (non-hydrogen) atoms. The van der Waals surface area contributed by atoms with Crippen molar-refractivity contribution in [2.24, 2.45) is 11.8 Å². The van der Waals surface area contributed by atoms with Crippen LogP contribution in [0.1, 0.15) is 45.7 Å². The Labute approximate surface area is 249 Å². The standard InChI is InChI=1S/C34H43N3O5/c1-24(2)22-37(23-29(31(38)36-41)20-25-12-8-6-9-13-25)33(40)35-30(32(39)42-34(3,4)5)21-26-16-18-28(19-17-26)27-14-10-7-11-15-27/h6-19,24,29-30,41H,20-23H2,1-5H3,(H,35,40)(H,36,38)/t29?,30-/m0/s1. The number of carbonyl (C=O) groups excluding carboxylic acids is 3. The van der Waals surface area contributed by atoms with E-state index in [4.69, 9.17) is 4.74 Å². The number of hydrogen-bond donors (Lipinski definition) is 3. The summed E-state index contributed by atoms with van der Waals surface area (Å²) < 4.78 is 5.67. The predicted molar refractivity (Wildman–Crippen MR) is 164 cm³/mol. The number of hydroxylamine groups is 1. The van der Waals surface area contributed by atoms with Crippen LogP contribution in [-0.2, 0) is 27.2 Å². The lowest BCUT2D eigenvalue weighted by Gasteiger charge is -2.31. The minimum absolute atomic E-state index is 0.0537. The summed E-state index contributed by atoms with van der Waals surface area (Å²) in [7, 11) is 0. The molecule has 3 aromatic carbocycles. The van der Waals surface area contributed by atoms with Gasteiger partial charge in [0.15, 0.2) is 0 Å². The van der Waals surface area contributed by atoms with E-state index in [9.17, 15) is 19.6 Å². The van der Waals surface area contributed by atoms with E-state index in [1.165, 1.54) is 4.90 Å².